The molecule has 39 heavy (non-hydrogen) atoms. The fourth-order valence-electron chi connectivity index (χ4n) is 3.73. The number of hydrogen-bond donors (Lipinski definition) is 1. The van der Waals surface area contributed by atoms with Crippen LogP contribution in [-0.4, -0.2) is 25.8 Å². The van der Waals surface area contributed by atoms with Gasteiger partial charge in [-0.15, -0.1) is 0 Å². The molecule has 0 aliphatic heterocycles. The third-order valence-electron chi connectivity index (χ3n) is 5.83. The standard InChI is InChI=1S/C32H32N2O5/c1-4-37-31-18-26(14-16-29(31)39-22-25-12-10-23(2)11-13-25)20-33-34-32(35)27-15-17-28(30(19-27)36-3)38-21-24-8-6-5-7-9-24/h5-20H,4,21-22H2,1-3H3,(H,34,35)/b33-20+. The number of ether oxygens (including phenoxy) is 4. The van der Waals surface area contributed by atoms with Crippen LogP contribution in [0.15, 0.2) is 96.1 Å². The molecule has 0 saturated heterocycles. The smallest absolute Gasteiger partial charge is 0.271 e. The highest BCUT2D eigenvalue weighted by atomic mass is 16.5. The number of nitrogens with zero attached hydrogens (tertiary/aromatic N) is 1. The largest absolute Gasteiger partial charge is 0.493 e. The molecule has 7 heteroatoms. The molecule has 0 bridgehead atoms. The van der Waals surface area contributed by atoms with Crippen LogP contribution < -0.4 is 24.4 Å². The molecule has 4 aromatic carbocycles. The minimum Gasteiger partial charge on any atom is -0.493 e. The van der Waals surface area contributed by atoms with Crippen molar-refractivity contribution in [2.75, 3.05) is 13.7 Å². The van der Waals surface area contributed by atoms with E-state index in [9.17, 15) is 4.79 Å². The van der Waals surface area contributed by atoms with E-state index in [1.165, 1.54) is 12.7 Å². The van der Waals surface area contributed by atoms with Gasteiger partial charge < -0.3 is 18.9 Å². The van der Waals surface area contributed by atoms with Crippen molar-refractivity contribution in [2.24, 2.45) is 5.10 Å². The van der Waals surface area contributed by atoms with Gasteiger partial charge in [-0.05, 0) is 66.9 Å². The molecule has 4 rings (SSSR count). The molecule has 0 saturated carbocycles. The summed E-state index contributed by atoms with van der Waals surface area (Å²) in [6, 6.07) is 28.5. The predicted molar refractivity (Wildman–Crippen MR) is 152 cm³/mol. The van der Waals surface area contributed by atoms with Crippen LogP contribution in [0.3, 0.4) is 0 Å². The second kappa shape index (κ2) is 13.7. The van der Waals surface area contributed by atoms with Crippen LogP contribution in [0.25, 0.3) is 0 Å². The number of carbonyl (C=O) groups excluding carboxylic acids is 1. The monoisotopic (exact) mass is 524 g/mol. The highest BCUT2D eigenvalue weighted by Crippen LogP contribution is 2.30. The van der Waals surface area contributed by atoms with Gasteiger partial charge in [0.1, 0.15) is 13.2 Å². The molecular weight excluding hydrogens is 492 g/mol. The van der Waals surface area contributed by atoms with E-state index in [0.29, 0.717) is 48.4 Å². The van der Waals surface area contributed by atoms with Gasteiger partial charge in [-0.1, -0.05) is 60.2 Å². The van der Waals surface area contributed by atoms with Crippen molar-refractivity contribution in [3.63, 3.8) is 0 Å². The summed E-state index contributed by atoms with van der Waals surface area (Å²) < 4.78 is 23.0. The van der Waals surface area contributed by atoms with Gasteiger partial charge in [0.05, 0.1) is 19.9 Å². The Morgan fingerprint density at radius 2 is 1.44 bits per heavy atom. The third-order valence-corrected chi connectivity index (χ3v) is 5.83. The Hall–Kier alpha value is -4.78. The van der Waals surface area contributed by atoms with Crippen molar-refractivity contribution in [1.29, 1.82) is 0 Å². The van der Waals surface area contributed by atoms with Crippen molar-refractivity contribution in [1.82, 2.24) is 5.43 Å². The van der Waals surface area contributed by atoms with Gasteiger partial charge in [0, 0.05) is 5.56 Å². The van der Waals surface area contributed by atoms with Crippen molar-refractivity contribution in [2.45, 2.75) is 27.1 Å². The van der Waals surface area contributed by atoms with Crippen LogP contribution in [0.2, 0.25) is 0 Å². The van der Waals surface area contributed by atoms with E-state index in [2.05, 4.69) is 29.6 Å². The van der Waals surface area contributed by atoms with Crippen molar-refractivity contribution >= 4 is 12.1 Å². The maximum absolute atomic E-state index is 12.7. The average Bonchev–Trinajstić information content (AvgIpc) is 2.97. The molecule has 0 aliphatic rings. The van der Waals surface area contributed by atoms with Crippen LogP contribution in [0, 0.1) is 6.92 Å². The zero-order valence-electron chi connectivity index (χ0n) is 22.3. The minimum atomic E-state index is -0.373. The molecule has 4 aromatic rings. The van der Waals surface area contributed by atoms with Crippen molar-refractivity contribution in [3.8, 4) is 23.0 Å². The molecule has 0 fully saturated rings. The van der Waals surface area contributed by atoms with E-state index in [-0.39, 0.29) is 5.91 Å². The molecule has 0 aliphatic carbocycles. The summed E-state index contributed by atoms with van der Waals surface area (Å²) >= 11 is 0. The first kappa shape index (κ1) is 27.3. The lowest BCUT2D eigenvalue weighted by atomic mass is 10.1. The van der Waals surface area contributed by atoms with E-state index >= 15 is 0 Å². The van der Waals surface area contributed by atoms with Gasteiger partial charge in [0.25, 0.3) is 5.91 Å². The fraction of sp³-hybridized carbons (Fsp3) is 0.188. The zero-order valence-corrected chi connectivity index (χ0v) is 22.3. The second-order valence-electron chi connectivity index (χ2n) is 8.75. The second-order valence-corrected chi connectivity index (χ2v) is 8.75. The van der Waals surface area contributed by atoms with E-state index < -0.39 is 0 Å². The Kier molecular flexibility index (Phi) is 9.56. The number of amides is 1. The lowest BCUT2D eigenvalue weighted by Crippen LogP contribution is -2.17. The van der Waals surface area contributed by atoms with Gasteiger partial charge in [-0.2, -0.15) is 5.10 Å². The summed E-state index contributed by atoms with van der Waals surface area (Å²) in [7, 11) is 1.54. The number of methoxy groups -OCH3 is 1. The number of benzene rings is 4. The highest BCUT2D eigenvalue weighted by Gasteiger charge is 2.12. The Bertz CT molecular complexity index is 1400. The lowest BCUT2D eigenvalue weighted by Gasteiger charge is -2.13. The van der Waals surface area contributed by atoms with Crippen LogP contribution in [-0.2, 0) is 13.2 Å². The summed E-state index contributed by atoms with van der Waals surface area (Å²) in [6.45, 7) is 5.29. The highest BCUT2D eigenvalue weighted by molar-refractivity contribution is 5.95. The summed E-state index contributed by atoms with van der Waals surface area (Å²) in [4.78, 5) is 12.7. The molecule has 0 atom stereocenters. The SMILES string of the molecule is CCOc1cc(/C=N/NC(=O)c2ccc(OCc3ccccc3)c(OC)c2)ccc1OCc1ccc(C)cc1. The normalized spacial score (nSPS) is 10.7. The molecule has 0 aromatic heterocycles. The van der Waals surface area contributed by atoms with Gasteiger partial charge in [-0.3, -0.25) is 4.79 Å². The third kappa shape index (κ3) is 7.85. The Morgan fingerprint density at radius 3 is 2.13 bits per heavy atom. The number of hydrogen-bond acceptors (Lipinski definition) is 6. The molecule has 0 heterocycles. The van der Waals surface area contributed by atoms with Crippen LogP contribution in [0.1, 0.15) is 39.5 Å². The Balaban J connectivity index is 1.36. The van der Waals surface area contributed by atoms with Gasteiger partial charge in [-0.25, -0.2) is 5.43 Å². The first-order chi connectivity index (χ1) is 19.1. The van der Waals surface area contributed by atoms with Crippen molar-refractivity contribution in [3.05, 3.63) is 119 Å². The Labute approximate surface area is 229 Å². The summed E-state index contributed by atoms with van der Waals surface area (Å²) in [5.41, 5.74) is 7.01. The van der Waals surface area contributed by atoms with Crippen LogP contribution >= 0.6 is 0 Å². The summed E-state index contributed by atoms with van der Waals surface area (Å²) in [6.07, 6.45) is 1.55. The number of carbonyl (C=O) groups is 1. The summed E-state index contributed by atoms with van der Waals surface area (Å²) in [5.74, 6) is 1.89. The van der Waals surface area contributed by atoms with E-state index in [4.69, 9.17) is 18.9 Å². The van der Waals surface area contributed by atoms with Gasteiger partial charge in [0.2, 0.25) is 0 Å². The molecule has 0 unspecified atom stereocenters. The average molecular weight is 525 g/mol. The topological polar surface area (TPSA) is 78.4 Å². The first-order valence-electron chi connectivity index (χ1n) is 12.7. The molecular formula is C32H32N2O5. The molecule has 0 spiro atoms. The van der Waals surface area contributed by atoms with E-state index in [1.807, 2.05) is 67.6 Å². The first-order valence-corrected chi connectivity index (χ1v) is 12.7. The molecule has 7 nitrogen and oxygen atoms in total. The fourth-order valence-corrected chi connectivity index (χ4v) is 3.73. The minimum absolute atomic E-state index is 0.373. The van der Waals surface area contributed by atoms with Gasteiger partial charge in [0.15, 0.2) is 23.0 Å². The number of aryl methyl sites for hydroxylation is 1. The summed E-state index contributed by atoms with van der Waals surface area (Å²) in [5, 5.41) is 4.11. The predicted octanol–water partition coefficient (Wildman–Crippen LogP) is 6.32. The van der Waals surface area contributed by atoms with Crippen LogP contribution in [0.4, 0.5) is 0 Å². The van der Waals surface area contributed by atoms with E-state index in [1.54, 1.807) is 24.4 Å². The van der Waals surface area contributed by atoms with E-state index in [0.717, 1.165) is 16.7 Å². The molecule has 200 valence electrons. The maximum atomic E-state index is 12.7. The number of nitrogens with one attached hydrogen (secondary N) is 1. The lowest BCUT2D eigenvalue weighted by molar-refractivity contribution is 0.0954. The molecule has 1 amide bonds. The molecule has 0 radical (unpaired) electrons. The quantitative estimate of drug-likeness (QED) is 0.173. The van der Waals surface area contributed by atoms with Crippen molar-refractivity contribution < 1.29 is 23.7 Å². The Morgan fingerprint density at radius 1 is 0.769 bits per heavy atom. The number of hydrazone groups is 1. The maximum Gasteiger partial charge on any atom is 0.271 e. The van der Waals surface area contributed by atoms with Crippen LogP contribution in [0.5, 0.6) is 23.0 Å². The number of rotatable bonds is 12. The molecule has 1 N–H and O–H groups in total. The van der Waals surface area contributed by atoms with Gasteiger partial charge >= 0.3 is 0 Å². The zero-order chi connectivity index (χ0) is 27.5.